The van der Waals surface area contributed by atoms with Crippen molar-refractivity contribution >= 4 is 29.0 Å². The molecule has 0 saturated heterocycles. The maximum atomic E-state index is 6.40. The Hall–Kier alpha value is -1.65. The van der Waals surface area contributed by atoms with Crippen molar-refractivity contribution in [1.29, 1.82) is 0 Å². The maximum absolute atomic E-state index is 6.40. The van der Waals surface area contributed by atoms with E-state index >= 15 is 0 Å². The van der Waals surface area contributed by atoms with Gasteiger partial charge >= 0.3 is 0 Å². The summed E-state index contributed by atoms with van der Waals surface area (Å²) < 4.78 is 1.75. The molecule has 1 aromatic carbocycles. The molecule has 0 saturated carbocycles. The number of benzene rings is 1. The van der Waals surface area contributed by atoms with Crippen molar-refractivity contribution in [3.8, 4) is 11.1 Å². The maximum Gasteiger partial charge on any atom is 0.253 e. The molecule has 2 heterocycles. The lowest BCUT2D eigenvalue weighted by Gasteiger charge is -2.13. The normalized spacial score (nSPS) is 11.2. The molecular weight excluding hydrogens is 307 g/mol. The number of hydrogen-bond acceptors (Lipinski definition) is 3. The number of rotatable bonds is 4. The summed E-state index contributed by atoms with van der Waals surface area (Å²) >= 11 is 12.7. The fourth-order valence-electron chi connectivity index (χ4n) is 2.38. The Balaban J connectivity index is 2.29. The van der Waals surface area contributed by atoms with Gasteiger partial charge in [-0.1, -0.05) is 54.7 Å². The van der Waals surface area contributed by atoms with E-state index in [0.717, 1.165) is 36.1 Å². The van der Waals surface area contributed by atoms with Crippen molar-refractivity contribution in [2.75, 3.05) is 0 Å². The number of halogens is 2. The average molecular weight is 321 g/mol. The molecule has 0 spiro atoms. The van der Waals surface area contributed by atoms with Crippen LogP contribution in [0.4, 0.5) is 0 Å². The lowest BCUT2D eigenvalue weighted by Crippen LogP contribution is -2.05. The predicted molar refractivity (Wildman–Crippen MR) is 84.9 cm³/mol. The molecule has 0 aliphatic rings. The molecule has 0 radical (unpaired) electrons. The van der Waals surface area contributed by atoms with Crippen LogP contribution < -0.4 is 0 Å². The number of fused-ring (bicyclic) bond motifs is 1. The molecule has 21 heavy (non-hydrogen) atoms. The summed E-state index contributed by atoms with van der Waals surface area (Å²) in [7, 11) is 0. The summed E-state index contributed by atoms with van der Waals surface area (Å²) in [5.41, 5.74) is 2.71. The third-order valence-corrected chi connectivity index (χ3v) is 3.99. The van der Waals surface area contributed by atoms with Crippen LogP contribution in [-0.4, -0.2) is 19.6 Å². The Morgan fingerprint density at radius 3 is 2.76 bits per heavy atom. The number of aromatic nitrogens is 4. The van der Waals surface area contributed by atoms with Crippen LogP contribution in [0.5, 0.6) is 0 Å². The molecule has 3 rings (SSSR count). The van der Waals surface area contributed by atoms with Gasteiger partial charge in [-0.25, -0.2) is 4.52 Å². The summed E-state index contributed by atoms with van der Waals surface area (Å²) in [5, 5.41) is 5.33. The van der Waals surface area contributed by atoms with E-state index in [1.807, 2.05) is 24.3 Å². The van der Waals surface area contributed by atoms with E-state index in [1.165, 1.54) is 6.33 Å². The molecule has 6 heteroatoms. The molecule has 0 aliphatic carbocycles. The number of hydrogen-bond donors (Lipinski definition) is 0. The van der Waals surface area contributed by atoms with Gasteiger partial charge in [0.25, 0.3) is 5.78 Å². The number of aryl methyl sites for hydroxylation is 1. The van der Waals surface area contributed by atoms with Crippen LogP contribution in [0.25, 0.3) is 16.9 Å². The Bertz CT molecular complexity index is 782. The topological polar surface area (TPSA) is 43.1 Å². The van der Waals surface area contributed by atoms with E-state index < -0.39 is 0 Å². The van der Waals surface area contributed by atoms with Crippen molar-refractivity contribution in [2.24, 2.45) is 0 Å². The van der Waals surface area contributed by atoms with E-state index in [9.17, 15) is 0 Å². The second-order valence-corrected chi connectivity index (χ2v) is 5.54. The van der Waals surface area contributed by atoms with Gasteiger partial charge < -0.3 is 0 Å². The zero-order valence-electron chi connectivity index (χ0n) is 11.6. The first-order valence-corrected chi connectivity index (χ1v) is 7.61. The van der Waals surface area contributed by atoms with E-state index in [1.54, 1.807) is 4.52 Å². The van der Waals surface area contributed by atoms with Crippen molar-refractivity contribution in [3.05, 3.63) is 46.5 Å². The molecule has 0 aliphatic heterocycles. The molecule has 0 bridgehead atoms. The van der Waals surface area contributed by atoms with Crippen LogP contribution in [0.2, 0.25) is 10.2 Å². The molecule has 3 aromatic rings. The SMILES string of the molecule is CCCCc1c(-c2ccccc2Cl)c(Cl)nc2ncnn12. The third kappa shape index (κ3) is 2.61. The van der Waals surface area contributed by atoms with Crippen LogP contribution in [0, 0.1) is 0 Å². The Morgan fingerprint density at radius 1 is 1.19 bits per heavy atom. The van der Waals surface area contributed by atoms with Gasteiger partial charge in [0.1, 0.15) is 11.5 Å². The van der Waals surface area contributed by atoms with Crippen molar-refractivity contribution < 1.29 is 0 Å². The Labute approximate surface area is 132 Å². The zero-order chi connectivity index (χ0) is 14.8. The Morgan fingerprint density at radius 2 is 2.00 bits per heavy atom. The quantitative estimate of drug-likeness (QED) is 0.667. The molecule has 4 nitrogen and oxygen atoms in total. The van der Waals surface area contributed by atoms with Crippen LogP contribution >= 0.6 is 23.2 Å². The first-order chi connectivity index (χ1) is 10.2. The van der Waals surface area contributed by atoms with Gasteiger partial charge in [0.15, 0.2) is 0 Å². The highest BCUT2D eigenvalue weighted by atomic mass is 35.5. The minimum absolute atomic E-state index is 0.412. The van der Waals surface area contributed by atoms with Crippen LogP contribution in [-0.2, 0) is 6.42 Å². The minimum atomic E-state index is 0.412. The molecule has 2 aromatic heterocycles. The largest absolute Gasteiger partial charge is 0.253 e. The van der Waals surface area contributed by atoms with E-state index in [4.69, 9.17) is 23.2 Å². The molecule has 0 fully saturated rings. The fraction of sp³-hybridized carbons (Fsp3) is 0.267. The standard InChI is InChI=1S/C15H14Cl2N4/c1-2-3-8-12-13(10-6-4-5-7-11(10)16)14(17)20-15-18-9-19-21(12)15/h4-7,9H,2-3,8H2,1H3. The summed E-state index contributed by atoms with van der Waals surface area (Å²) in [6.45, 7) is 2.15. The van der Waals surface area contributed by atoms with Gasteiger partial charge in [0, 0.05) is 16.1 Å². The molecule has 0 unspecified atom stereocenters. The van der Waals surface area contributed by atoms with Crippen LogP contribution in [0.15, 0.2) is 30.6 Å². The highest BCUT2D eigenvalue weighted by molar-refractivity contribution is 6.36. The highest BCUT2D eigenvalue weighted by Crippen LogP contribution is 2.35. The molecule has 0 N–H and O–H groups in total. The lowest BCUT2D eigenvalue weighted by atomic mass is 10.0. The van der Waals surface area contributed by atoms with E-state index in [2.05, 4.69) is 22.0 Å². The van der Waals surface area contributed by atoms with Crippen molar-refractivity contribution in [3.63, 3.8) is 0 Å². The average Bonchev–Trinajstić information content (AvgIpc) is 2.93. The molecule has 108 valence electrons. The van der Waals surface area contributed by atoms with E-state index in [-0.39, 0.29) is 0 Å². The fourth-order valence-corrected chi connectivity index (χ4v) is 2.89. The zero-order valence-corrected chi connectivity index (χ0v) is 13.1. The van der Waals surface area contributed by atoms with Gasteiger partial charge in [-0.15, -0.1) is 0 Å². The summed E-state index contributed by atoms with van der Waals surface area (Å²) in [6.07, 6.45) is 4.45. The van der Waals surface area contributed by atoms with Gasteiger partial charge in [-0.05, 0) is 18.9 Å². The molecular formula is C15H14Cl2N4. The molecule has 0 amide bonds. The smallest absolute Gasteiger partial charge is 0.201 e. The van der Waals surface area contributed by atoms with Crippen LogP contribution in [0.3, 0.4) is 0 Å². The predicted octanol–water partition coefficient (Wildman–Crippen LogP) is 4.44. The number of nitrogens with zero attached hydrogens (tertiary/aromatic N) is 4. The van der Waals surface area contributed by atoms with E-state index in [0.29, 0.717) is 16.0 Å². The monoisotopic (exact) mass is 320 g/mol. The van der Waals surface area contributed by atoms with Gasteiger partial charge in [0.05, 0.1) is 5.69 Å². The van der Waals surface area contributed by atoms with Gasteiger partial charge in [-0.3, -0.25) is 0 Å². The minimum Gasteiger partial charge on any atom is -0.201 e. The highest BCUT2D eigenvalue weighted by Gasteiger charge is 2.18. The second-order valence-electron chi connectivity index (χ2n) is 4.78. The summed E-state index contributed by atoms with van der Waals surface area (Å²) in [5.74, 6) is 0.516. The lowest BCUT2D eigenvalue weighted by molar-refractivity contribution is 0.741. The number of unbranched alkanes of at least 4 members (excludes halogenated alkanes) is 1. The first-order valence-electron chi connectivity index (χ1n) is 6.85. The summed E-state index contributed by atoms with van der Waals surface area (Å²) in [6, 6.07) is 7.63. The first kappa shape index (κ1) is 14.3. The van der Waals surface area contributed by atoms with Crippen molar-refractivity contribution in [1.82, 2.24) is 19.6 Å². The Kier molecular flexibility index (Phi) is 4.08. The van der Waals surface area contributed by atoms with Crippen LogP contribution in [0.1, 0.15) is 25.5 Å². The van der Waals surface area contributed by atoms with Gasteiger partial charge in [0.2, 0.25) is 0 Å². The molecule has 0 atom stereocenters. The second kappa shape index (κ2) is 6.00. The summed E-state index contributed by atoms with van der Waals surface area (Å²) in [4.78, 5) is 8.45. The third-order valence-electron chi connectivity index (χ3n) is 3.39. The van der Waals surface area contributed by atoms with Gasteiger partial charge in [-0.2, -0.15) is 15.1 Å². The van der Waals surface area contributed by atoms with Crippen molar-refractivity contribution in [2.45, 2.75) is 26.2 Å².